The Kier molecular flexibility index (Phi) is 3.50. The normalized spacial score (nSPS) is 11.0. The van der Waals surface area contributed by atoms with E-state index in [1.165, 1.54) is 6.07 Å². The highest BCUT2D eigenvalue weighted by atomic mass is 19.1. The Balaban J connectivity index is 1.90. The third-order valence-electron chi connectivity index (χ3n) is 4.09. The lowest BCUT2D eigenvalue weighted by Crippen LogP contribution is -2.03. The molecule has 0 fully saturated rings. The zero-order valence-corrected chi connectivity index (χ0v) is 13.0. The number of nitrogen functional groups attached to an aromatic ring is 1. The fourth-order valence-electron chi connectivity index (χ4n) is 2.89. The van der Waals surface area contributed by atoms with Gasteiger partial charge in [-0.2, -0.15) is 0 Å². The lowest BCUT2D eigenvalue weighted by Gasteiger charge is -2.10. The van der Waals surface area contributed by atoms with Crippen LogP contribution in [0.25, 0.3) is 22.4 Å². The number of rotatable bonds is 3. The molecule has 1 aromatic heterocycles. The maximum atomic E-state index is 14.3. The summed E-state index contributed by atoms with van der Waals surface area (Å²) in [5.41, 5.74) is 9.91. The lowest BCUT2D eigenvalue weighted by atomic mass is 10.1. The van der Waals surface area contributed by atoms with Crippen molar-refractivity contribution in [3.8, 4) is 11.4 Å². The third kappa shape index (κ3) is 2.52. The number of fused-ring (bicyclic) bond motifs is 1. The number of halogens is 1. The van der Waals surface area contributed by atoms with E-state index in [0.29, 0.717) is 17.9 Å². The number of benzene rings is 3. The van der Waals surface area contributed by atoms with E-state index in [-0.39, 0.29) is 5.82 Å². The Morgan fingerprint density at radius 2 is 1.58 bits per heavy atom. The fraction of sp³-hybridized carbons (Fsp3) is 0.0500. The van der Waals surface area contributed by atoms with E-state index in [4.69, 9.17) is 5.73 Å². The number of nitrogens with zero attached hydrogens (tertiary/aromatic N) is 2. The van der Waals surface area contributed by atoms with E-state index in [9.17, 15) is 4.39 Å². The van der Waals surface area contributed by atoms with Crippen molar-refractivity contribution in [2.75, 3.05) is 5.73 Å². The summed E-state index contributed by atoms with van der Waals surface area (Å²) in [6.45, 7) is 0.602. The van der Waals surface area contributed by atoms with Gasteiger partial charge in [0.05, 0.1) is 16.6 Å². The SMILES string of the molecule is Nc1ccc(Cn2c(-c3ccccc3F)nc3ccccc32)cc1. The van der Waals surface area contributed by atoms with E-state index < -0.39 is 0 Å². The first-order chi connectivity index (χ1) is 11.7. The minimum absolute atomic E-state index is 0.272. The molecule has 4 rings (SSSR count). The molecule has 24 heavy (non-hydrogen) atoms. The maximum absolute atomic E-state index is 14.3. The predicted octanol–water partition coefficient (Wildman–Crippen LogP) is 4.47. The summed E-state index contributed by atoms with van der Waals surface area (Å²) in [6.07, 6.45) is 0. The van der Waals surface area contributed by atoms with Crippen LogP contribution in [0.4, 0.5) is 10.1 Å². The molecule has 0 saturated heterocycles. The second kappa shape index (κ2) is 5.81. The fourth-order valence-corrected chi connectivity index (χ4v) is 2.89. The van der Waals surface area contributed by atoms with Gasteiger partial charge in [0.1, 0.15) is 11.6 Å². The molecular formula is C20H16FN3. The maximum Gasteiger partial charge on any atom is 0.144 e. The highest BCUT2D eigenvalue weighted by molar-refractivity contribution is 5.80. The van der Waals surface area contributed by atoms with Gasteiger partial charge in [-0.3, -0.25) is 0 Å². The largest absolute Gasteiger partial charge is 0.399 e. The van der Waals surface area contributed by atoms with Crippen LogP contribution in [0.3, 0.4) is 0 Å². The molecular weight excluding hydrogens is 301 g/mol. The zero-order chi connectivity index (χ0) is 16.5. The van der Waals surface area contributed by atoms with E-state index in [2.05, 4.69) is 4.98 Å². The molecule has 3 aromatic carbocycles. The van der Waals surface area contributed by atoms with Crippen LogP contribution in [0.2, 0.25) is 0 Å². The Hall–Kier alpha value is -3.14. The number of nitrogens with two attached hydrogens (primary N) is 1. The molecule has 2 N–H and O–H groups in total. The quantitative estimate of drug-likeness (QED) is 0.566. The van der Waals surface area contributed by atoms with Crippen LogP contribution >= 0.6 is 0 Å². The number of aromatic nitrogens is 2. The number of imidazole rings is 1. The van der Waals surface area contributed by atoms with Gasteiger partial charge >= 0.3 is 0 Å². The van der Waals surface area contributed by atoms with Crippen molar-refractivity contribution >= 4 is 16.7 Å². The summed E-state index contributed by atoms with van der Waals surface area (Å²) in [6, 6.07) is 22.3. The van der Waals surface area contributed by atoms with Crippen molar-refractivity contribution in [2.24, 2.45) is 0 Å². The molecule has 0 amide bonds. The monoisotopic (exact) mass is 317 g/mol. The Bertz CT molecular complexity index is 1000. The first-order valence-corrected chi connectivity index (χ1v) is 7.77. The number of hydrogen-bond donors (Lipinski definition) is 1. The minimum atomic E-state index is -0.272. The summed E-state index contributed by atoms with van der Waals surface area (Å²) in [4.78, 5) is 4.66. The first kappa shape index (κ1) is 14.5. The summed E-state index contributed by atoms with van der Waals surface area (Å²) in [5.74, 6) is 0.359. The molecule has 118 valence electrons. The van der Waals surface area contributed by atoms with Gasteiger partial charge < -0.3 is 10.3 Å². The minimum Gasteiger partial charge on any atom is -0.399 e. The number of anilines is 1. The van der Waals surface area contributed by atoms with Crippen molar-refractivity contribution in [3.05, 3.63) is 84.2 Å². The zero-order valence-electron chi connectivity index (χ0n) is 13.0. The molecule has 0 radical (unpaired) electrons. The molecule has 4 aromatic rings. The summed E-state index contributed by atoms with van der Waals surface area (Å²) < 4.78 is 16.3. The molecule has 0 unspecified atom stereocenters. The molecule has 0 bridgehead atoms. The van der Waals surface area contributed by atoms with Crippen LogP contribution in [0, 0.1) is 5.82 Å². The highest BCUT2D eigenvalue weighted by Gasteiger charge is 2.15. The Morgan fingerprint density at radius 1 is 0.875 bits per heavy atom. The van der Waals surface area contributed by atoms with Crippen LogP contribution in [0.1, 0.15) is 5.56 Å². The van der Waals surface area contributed by atoms with Gasteiger partial charge in [0.25, 0.3) is 0 Å². The Morgan fingerprint density at radius 3 is 2.38 bits per heavy atom. The van der Waals surface area contributed by atoms with E-state index in [1.807, 2.05) is 59.2 Å². The Labute approximate surface area is 139 Å². The van der Waals surface area contributed by atoms with Gasteiger partial charge in [-0.25, -0.2) is 9.37 Å². The van der Waals surface area contributed by atoms with Crippen LogP contribution in [-0.4, -0.2) is 9.55 Å². The predicted molar refractivity (Wildman–Crippen MR) is 95.1 cm³/mol. The molecule has 0 spiro atoms. The van der Waals surface area contributed by atoms with Gasteiger partial charge in [0, 0.05) is 12.2 Å². The van der Waals surface area contributed by atoms with Gasteiger partial charge in [0.15, 0.2) is 0 Å². The van der Waals surface area contributed by atoms with Crippen molar-refractivity contribution in [1.82, 2.24) is 9.55 Å². The average molecular weight is 317 g/mol. The summed E-state index contributed by atoms with van der Waals surface area (Å²) in [7, 11) is 0. The van der Waals surface area contributed by atoms with Gasteiger partial charge in [-0.15, -0.1) is 0 Å². The lowest BCUT2D eigenvalue weighted by molar-refractivity contribution is 0.628. The van der Waals surface area contributed by atoms with Crippen LogP contribution in [0.5, 0.6) is 0 Å². The standard InChI is InChI=1S/C20H16FN3/c21-17-6-2-1-5-16(17)20-23-18-7-3-4-8-19(18)24(20)13-14-9-11-15(22)12-10-14/h1-12H,13,22H2. The smallest absolute Gasteiger partial charge is 0.144 e. The van der Waals surface area contributed by atoms with Crippen LogP contribution < -0.4 is 5.73 Å². The topological polar surface area (TPSA) is 43.8 Å². The van der Waals surface area contributed by atoms with E-state index in [0.717, 1.165) is 22.3 Å². The molecule has 0 aliphatic heterocycles. The van der Waals surface area contributed by atoms with Crippen molar-refractivity contribution < 1.29 is 4.39 Å². The number of para-hydroxylation sites is 2. The van der Waals surface area contributed by atoms with E-state index in [1.54, 1.807) is 12.1 Å². The highest BCUT2D eigenvalue weighted by Crippen LogP contribution is 2.27. The molecule has 0 aliphatic rings. The number of hydrogen-bond acceptors (Lipinski definition) is 2. The van der Waals surface area contributed by atoms with Crippen LogP contribution in [-0.2, 0) is 6.54 Å². The van der Waals surface area contributed by atoms with Crippen molar-refractivity contribution in [2.45, 2.75) is 6.54 Å². The third-order valence-corrected chi connectivity index (χ3v) is 4.09. The molecule has 0 saturated carbocycles. The second-order valence-corrected chi connectivity index (χ2v) is 5.73. The van der Waals surface area contributed by atoms with Crippen molar-refractivity contribution in [3.63, 3.8) is 0 Å². The second-order valence-electron chi connectivity index (χ2n) is 5.73. The van der Waals surface area contributed by atoms with Crippen LogP contribution in [0.15, 0.2) is 72.8 Å². The average Bonchev–Trinajstić information content (AvgIpc) is 2.96. The van der Waals surface area contributed by atoms with Gasteiger partial charge in [-0.05, 0) is 42.0 Å². The van der Waals surface area contributed by atoms with Gasteiger partial charge in [0.2, 0.25) is 0 Å². The first-order valence-electron chi connectivity index (χ1n) is 7.77. The summed E-state index contributed by atoms with van der Waals surface area (Å²) in [5, 5.41) is 0. The van der Waals surface area contributed by atoms with E-state index >= 15 is 0 Å². The molecule has 1 heterocycles. The summed E-state index contributed by atoms with van der Waals surface area (Å²) >= 11 is 0. The molecule has 0 atom stereocenters. The van der Waals surface area contributed by atoms with Crippen molar-refractivity contribution in [1.29, 1.82) is 0 Å². The molecule has 3 nitrogen and oxygen atoms in total. The molecule has 0 aliphatic carbocycles. The molecule has 4 heteroatoms. The van der Waals surface area contributed by atoms with Gasteiger partial charge in [-0.1, -0.05) is 36.4 Å².